The fourth-order valence-electron chi connectivity index (χ4n) is 1.19. The van der Waals surface area contributed by atoms with Crippen molar-refractivity contribution in [2.24, 2.45) is 0 Å². The Morgan fingerprint density at radius 3 is 2.06 bits per heavy atom. The molecule has 0 atom stereocenters. The number of anilines is 1. The molecule has 18 heavy (non-hydrogen) atoms. The number of nitro groups is 2. The third-order valence-electron chi connectivity index (χ3n) is 2.05. The minimum atomic E-state index is -1.33. The highest BCUT2D eigenvalue weighted by molar-refractivity contribution is 6.03. The molecule has 0 aliphatic carbocycles. The molecular formula is C10H9N3O5. The lowest BCUT2D eigenvalue weighted by molar-refractivity contribution is -0.616. The monoisotopic (exact) mass is 251 g/mol. The van der Waals surface area contributed by atoms with E-state index in [2.05, 4.69) is 5.32 Å². The summed E-state index contributed by atoms with van der Waals surface area (Å²) in [6.07, 6.45) is 0. The average Bonchev–Trinajstić information content (AvgIpc) is 2.29. The van der Waals surface area contributed by atoms with Crippen LogP contribution in [0.15, 0.2) is 41.7 Å². The van der Waals surface area contributed by atoms with E-state index < -0.39 is 27.1 Å². The highest BCUT2D eigenvalue weighted by atomic mass is 16.7. The van der Waals surface area contributed by atoms with Gasteiger partial charge in [-0.3, -0.25) is 25.0 Å². The number of nitrogens with zero attached hydrogens (tertiary/aromatic N) is 2. The second kappa shape index (κ2) is 5.53. The van der Waals surface area contributed by atoms with Gasteiger partial charge < -0.3 is 5.32 Å². The van der Waals surface area contributed by atoms with E-state index in [0.717, 1.165) is 6.92 Å². The Morgan fingerprint density at radius 1 is 1.11 bits per heavy atom. The molecule has 1 rings (SSSR count). The van der Waals surface area contributed by atoms with E-state index in [1.165, 1.54) is 0 Å². The van der Waals surface area contributed by atoms with Crippen molar-refractivity contribution in [3.63, 3.8) is 0 Å². The van der Waals surface area contributed by atoms with Crippen molar-refractivity contribution in [2.75, 3.05) is 5.32 Å². The lowest BCUT2D eigenvalue weighted by Gasteiger charge is -2.02. The van der Waals surface area contributed by atoms with Gasteiger partial charge in [-0.15, -0.1) is 0 Å². The van der Waals surface area contributed by atoms with Crippen molar-refractivity contribution in [1.82, 2.24) is 0 Å². The first kappa shape index (κ1) is 13.3. The summed E-state index contributed by atoms with van der Waals surface area (Å²) in [7, 11) is 0. The van der Waals surface area contributed by atoms with Gasteiger partial charge in [0, 0.05) is 5.69 Å². The summed E-state index contributed by atoms with van der Waals surface area (Å²) in [6.45, 7) is 1.03. The summed E-state index contributed by atoms with van der Waals surface area (Å²) < 4.78 is 0. The van der Waals surface area contributed by atoms with Crippen LogP contribution in [0.4, 0.5) is 5.69 Å². The Kier molecular flexibility index (Phi) is 4.08. The molecule has 0 saturated carbocycles. The fraction of sp³-hybridized carbons (Fsp3) is 0.100. The van der Waals surface area contributed by atoms with Crippen LogP contribution in [0.2, 0.25) is 0 Å². The Balaban J connectivity index is 2.99. The summed E-state index contributed by atoms with van der Waals surface area (Å²) in [5, 5.41) is 23.3. The zero-order valence-electron chi connectivity index (χ0n) is 9.32. The maximum Gasteiger partial charge on any atom is 0.567 e. The number of para-hydroxylation sites is 1. The summed E-state index contributed by atoms with van der Waals surface area (Å²) >= 11 is 0. The molecule has 1 amide bonds. The third-order valence-corrected chi connectivity index (χ3v) is 2.05. The van der Waals surface area contributed by atoms with E-state index in [4.69, 9.17) is 0 Å². The van der Waals surface area contributed by atoms with E-state index in [1.807, 2.05) is 0 Å². The molecule has 1 N–H and O–H groups in total. The first-order chi connectivity index (χ1) is 8.43. The van der Waals surface area contributed by atoms with Gasteiger partial charge in [-0.1, -0.05) is 18.2 Å². The molecule has 8 heteroatoms. The Bertz CT molecular complexity index is 508. The standard InChI is InChI=1S/C10H9N3O5/c1-7(10(12(15)16)13(17)18)9(14)11-8-5-3-2-4-6-8/h2-6H,1H3,(H,11,14). The zero-order chi connectivity index (χ0) is 13.7. The molecule has 1 aromatic carbocycles. The molecule has 0 bridgehead atoms. The van der Waals surface area contributed by atoms with Crippen LogP contribution >= 0.6 is 0 Å². The molecule has 0 unspecified atom stereocenters. The average molecular weight is 251 g/mol. The van der Waals surface area contributed by atoms with E-state index in [1.54, 1.807) is 30.3 Å². The number of hydrogen-bond donors (Lipinski definition) is 1. The van der Waals surface area contributed by atoms with Crippen molar-refractivity contribution in [1.29, 1.82) is 0 Å². The van der Waals surface area contributed by atoms with E-state index in [0.29, 0.717) is 5.69 Å². The van der Waals surface area contributed by atoms with Crippen LogP contribution in [0.25, 0.3) is 0 Å². The molecule has 0 fully saturated rings. The second-order valence-electron chi connectivity index (χ2n) is 3.28. The van der Waals surface area contributed by atoms with Gasteiger partial charge in [-0.05, 0) is 19.1 Å². The van der Waals surface area contributed by atoms with Crippen molar-refractivity contribution in [2.45, 2.75) is 6.92 Å². The molecule has 0 saturated heterocycles. The molecule has 0 radical (unpaired) electrons. The predicted molar refractivity (Wildman–Crippen MR) is 61.8 cm³/mol. The summed E-state index contributed by atoms with van der Waals surface area (Å²) in [5.74, 6) is -2.21. The largest absolute Gasteiger partial charge is 0.567 e. The number of amides is 1. The number of hydrogen-bond acceptors (Lipinski definition) is 5. The minimum Gasteiger partial charge on any atom is -0.322 e. The van der Waals surface area contributed by atoms with Gasteiger partial charge in [0.2, 0.25) is 0 Å². The smallest absolute Gasteiger partial charge is 0.322 e. The van der Waals surface area contributed by atoms with Gasteiger partial charge in [-0.2, -0.15) is 0 Å². The topological polar surface area (TPSA) is 115 Å². The molecular weight excluding hydrogens is 242 g/mol. The maximum atomic E-state index is 11.6. The SMILES string of the molecule is CC(C(=O)Nc1ccccc1)=C([N+](=O)[O-])[N+](=O)[O-]. The Hall–Kier alpha value is -2.77. The zero-order valence-corrected chi connectivity index (χ0v) is 9.32. The van der Waals surface area contributed by atoms with Crippen LogP contribution in [0.3, 0.4) is 0 Å². The Labute approximate surface area is 101 Å². The molecule has 94 valence electrons. The molecule has 0 heterocycles. The van der Waals surface area contributed by atoms with Gasteiger partial charge in [-0.25, -0.2) is 0 Å². The molecule has 0 aliphatic heterocycles. The third kappa shape index (κ3) is 3.11. The van der Waals surface area contributed by atoms with Crippen LogP contribution < -0.4 is 5.32 Å². The number of carbonyl (C=O) groups excluding carboxylic acids is 1. The number of carbonyl (C=O) groups is 1. The van der Waals surface area contributed by atoms with Crippen molar-refractivity contribution >= 4 is 11.6 Å². The number of benzene rings is 1. The Morgan fingerprint density at radius 2 is 1.61 bits per heavy atom. The van der Waals surface area contributed by atoms with Crippen LogP contribution in [-0.4, -0.2) is 15.8 Å². The lowest BCUT2D eigenvalue weighted by atomic mass is 10.2. The van der Waals surface area contributed by atoms with Gasteiger partial charge >= 0.3 is 5.82 Å². The minimum absolute atomic E-state index is 0.396. The number of rotatable bonds is 4. The fourth-order valence-corrected chi connectivity index (χ4v) is 1.19. The second-order valence-corrected chi connectivity index (χ2v) is 3.28. The molecule has 0 aromatic heterocycles. The van der Waals surface area contributed by atoms with Gasteiger partial charge in [0.1, 0.15) is 9.85 Å². The maximum absolute atomic E-state index is 11.6. The number of nitrogens with one attached hydrogen (secondary N) is 1. The predicted octanol–water partition coefficient (Wildman–Crippen LogP) is 1.41. The van der Waals surface area contributed by atoms with Crippen molar-refractivity contribution in [3.8, 4) is 0 Å². The van der Waals surface area contributed by atoms with Gasteiger partial charge in [0.15, 0.2) is 5.57 Å². The summed E-state index contributed by atoms with van der Waals surface area (Å²) in [4.78, 5) is 30.1. The quantitative estimate of drug-likeness (QED) is 0.493. The molecule has 0 aliphatic rings. The molecule has 1 aromatic rings. The van der Waals surface area contributed by atoms with E-state index in [-0.39, 0.29) is 0 Å². The van der Waals surface area contributed by atoms with Crippen molar-refractivity contribution in [3.05, 3.63) is 62.0 Å². The highest BCUT2D eigenvalue weighted by Gasteiger charge is 2.33. The van der Waals surface area contributed by atoms with Crippen LogP contribution in [-0.2, 0) is 4.79 Å². The highest BCUT2D eigenvalue weighted by Crippen LogP contribution is 2.11. The summed E-state index contributed by atoms with van der Waals surface area (Å²) in [5.41, 5.74) is -0.165. The van der Waals surface area contributed by atoms with Crippen molar-refractivity contribution < 1.29 is 14.6 Å². The van der Waals surface area contributed by atoms with Crippen LogP contribution in [0, 0.1) is 20.2 Å². The normalized spacial score (nSPS) is 9.39. The summed E-state index contributed by atoms with van der Waals surface area (Å²) in [6, 6.07) is 8.14. The lowest BCUT2D eigenvalue weighted by Crippen LogP contribution is -2.20. The molecule has 8 nitrogen and oxygen atoms in total. The van der Waals surface area contributed by atoms with E-state index >= 15 is 0 Å². The van der Waals surface area contributed by atoms with Crippen LogP contribution in [0.1, 0.15) is 6.92 Å². The first-order valence-corrected chi connectivity index (χ1v) is 4.79. The van der Waals surface area contributed by atoms with Gasteiger partial charge in [0.05, 0.1) is 0 Å². The molecule has 0 spiro atoms. The van der Waals surface area contributed by atoms with Crippen LogP contribution in [0.5, 0.6) is 0 Å². The van der Waals surface area contributed by atoms with Gasteiger partial charge in [0.25, 0.3) is 5.91 Å². The van der Waals surface area contributed by atoms with E-state index in [9.17, 15) is 25.0 Å². The first-order valence-electron chi connectivity index (χ1n) is 4.79.